The van der Waals surface area contributed by atoms with Crippen molar-refractivity contribution >= 4 is 22.5 Å². The zero-order valence-electron chi connectivity index (χ0n) is 19.8. The van der Waals surface area contributed by atoms with Gasteiger partial charge in [-0.3, -0.25) is 14.9 Å². The summed E-state index contributed by atoms with van der Waals surface area (Å²) in [6.45, 7) is 4.49. The van der Waals surface area contributed by atoms with E-state index in [1.165, 1.54) is 18.2 Å². The Balaban J connectivity index is 1.86. The number of nitrogens with zero attached hydrogens (tertiary/aromatic N) is 2. The molecule has 3 aromatic carbocycles. The molecule has 7 heteroatoms. The van der Waals surface area contributed by atoms with Crippen LogP contribution in [0.5, 0.6) is 0 Å². The molecular weight excluding hydrogens is 445 g/mol. The first-order chi connectivity index (χ1) is 16.9. The molecule has 35 heavy (non-hydrogen) atoms. The van der Waals surface area contributed by atoms with Crippen molar-refractivity contribution in [1.29, 1.82) is 0 Å². The van der Waals surface area contributed by atoms with Crippen molar-refractivity contribution in [3.05, 3.63) is 112 Å². The molecule has 0 saturated heterocycles. The Morgan fingerprint density at radius 2 is 1.86 bits per heavy atom. The van der Waals surface area contributed by atoms with E-state index in [4.69, 9.17) is 0 Å². The summed E-state index contributed by atoms with van der Waals surface area (Å²) >= 11 is 0. The molecule has 0 aliphatic carbocycles. The van der Waals surface area contributed by atoms with Crippen LogP contribution in [0.25, 0.3) is 10.9 Å². The third-order valence-corrected chi connectivity index (χ3v) is 6.34. The summed E-state index contributed by atoms with van der Waals surface area (Å²) in [7, 11) is 0. The Morgan fingerprint density at radius 1 is 1.09 bits per heavy atom. The standard InChI is InChI=1S/C28H28FN3O3/c1-3-19(2)30-28(33)16-24(21-10-7-11-22(29)14-21)26-18-31(17-20-8-5-4-6-9-20)27-13-12-23(32(34)35)15-25(26)27/h4-15,18-19,24H,3,16-17H2,1-2H3,(H,30,33)/t19-,24-/m1/s1. The van der Waals surface area contributed by atoms with Gasteiger partial charge in [0.05, 0.1) is 4.92 Å². The van der Waals surface area contributed by atoms with E-state index in [0.717, 1.165) is 23.1 Å². The second-order valence-electron chi connectivity index (χ2n) is 8.85. The number of non-ortho nitro benzene ring substituents is 1. The highest BCUT2D eigenvalue weighted by molar-refractivity contribution is 5.88. The molecule has 1 N–H and O–H groups in total. The van der Waals surface area contributed by atoms with Crippen molar-refractivity contribution < 1.29 is 14.1 Å². The Hall–Kier alpha value is -4.00. The van der Waals surface area contributed by atoms with Crippen molar-refractivity contribution in [2.75, 3.05) is 0 Å². The maximum atomic E-state index is 14.2. The molecule has 0 unspecified atom stereocenters. The number of amides is 1. The fourth-order valence-electron chi connectivity index (χ4n) is 4.37. The van der Waals surface area contributed by atoms with Crippen molar-refractivity contribution in [2.24, 2.45) is 0 Å². The van der Waals surface area contributed by atoms with Gasteiger partial charge in [0.15, 0.2) is 0 Å². The van der Waals surface area contributed by atoms with Gasteiger partial charge in [-0.15, -0.1) is 0 Å². The number of hydrogen-bond donors (Lipinski definition) is 1. The average Bonchev–Trinajstić information content (AvgIpc) is 3.20. The number of nitro benzene ring substituents is 1. The number of halogens is 1. The average molecular weight is 474 g/mol. The minimum atomic E-state index is -0.476. The highest BCUT2D eigenvalue weighted by Gasteiger charge is 2.25. The number of nitrogens with one attached hydrogen (secondary N) is 1. The van der Waals surface area contributed by atoms with Gasteiger partial charge in [-0.2, -0.15) is 0 Å². The lowest BCUT2D eigenvalue weighted by Crippen LogP contribution is -2.33. The van der Waals surface area contributed by atoms with E-state index in [-0.39, 0.29) is 24.1 Å². The van der Waals surface area contributed by atoms with Gasteiger partial charge in [0.1, 0.15) is 5.82 Å². The third kappa shape index (κ3) is 5.57. The number of fused-ring (bicyclic) bond motifs is 1. The lowest BCUT2D eigenvalue weighted by atomic mass is 9.87. The van der Waals surface area contributed by atoms with Gasteiger partial charge in [-0.05, 0) is 48.2 Å². The van der Waals surface area contributed by atoms with Crippen LogP contribution in [0.2, 0.25) is 0 Å². The molecule has 1 aromatic heterocycles. The lowest BCUT2D eigenvalue weighted by molar-refractivity contribution is -0.384. The minimum Gasteiger partial charge on any atom is -0.354 e. The predicted octanol–water partition coefficient (Wildman–Crippen LogP) is 6.17. The van der Waals surface area contributed by atoms with Crippen LogP contribution in [0.1, 0.15) is 49.3 Å². The van der Waals surface area contributed by atoms with E-state index in [0.29, 0.717) is 17.5 Å². The highest BCUT2D eigenvalue weighted by Crippen LogP contribution is 2.37. The van der Waals surface area contributed by atoms with Crippen molar-refractivity contribution in [3.63, 3.8) is 0 Å². The van der Waals surface area contributed by atoms with E-state index in [1.807, 2.05) is 54.9 Å². The normalized spacial score (nSPS) is 12.9. The molecule has 0 spiro atoms. The predicted molar refractivity (Wildman–Crippen MR) is 135 cm³/mol. The molecule has 1 heterocycles. The maximum Gasteiger partial charge on any atom is 0.270 e. The second kappa shape index (κ2) is 10.5. The quantitative estimate of drug-likeness (QED) is 0.233. The molecule has 2 atom stereocenters. The molecule has 0 saturated carbocycles. The summed E-state index contributed by atoms with van der Waals surface area (Å²) in [5.41, 5.74) is 3.27. The Bertz CT molecular complexity index is 1350. The van der Waals surface area contributed by atoms with Crippen LogP contribution in [-0.4, -0.2) is 21.4 Å². The van der Waals surface area contributed by atoms with E-state index in [2.05, 4.69) is 5.32 Å². The van der Waals surface area contributed by atoms with Gasteiger partial charge in [-0.25, -0.2) is 4.39 Å². The van der Waals surface area contributed by atoms with Gasteiger partial charge >= 0.3 is 0 Å². The minimum absolute atomic E-state index is 0.0103. The smallest absolute Gasteiger partial charge is 0.270 e. The molecule has 6 nitrogen and oxygen atoms in total. The van der Waals surface area contributed by atoms with Crippen LogP contribution >= 0.6 is 0 Å². The van der Waals surface area contributed by atoms with E-state index in [1.54, 1.807) is 24.3 Å². The summed E-state index contributed by atoms with van der Waals surface area (Å²) in [5.74, 6) is -1.02. The zero-order chi connectivity index (χ0) is 24.9. The molecule has 4 aromatic rings. The molecule has 180 valence electrons. The SMILES string of the molecule is CC[C@@H](C)NC(=O)C[C@H](c1cccc(F)c1)c1cn(Cc2ccccc2)c2ccc([N+](=O)[O-])cc12. The van der Waals surface area contributed by atoms with Gasteiger partial charge in [0.25, 0.3) is 5.69 Å². The van der Waals surface area contributed by atoms with E-state index < -0.39 is 16.7 Å². The van der Waals surface area contributed by atoms with Crippen LogP contribution in [0.4, 0.5) is 10.1 Å². The number of hydrogen-bond acceptors (Lipinski definition) is 3. The number of nitro groups is 1. The molecule has 4 rings (SSSR count). The number of carbonyl (C=O) groups excluding carboxylic acids is 1. The summed E-state index contributed by atoms with van der Waals surface area (Å²) in [5, 5.41) is 15.2. The van der Waals surface area contributed by atoms with Crippen molar-refractivity contribution in [1.82, 2.24) is 9.88 Å². The third-order valence-electron chi connectivity index (χ3n) is 6.34. The van der Waals surface area contributed by atoms with Gasteiger partial charge in [0, 0.05) is 54.2 Å². The fourth-order valence-corrected chi connectivity index (χ4v) is 4.37. The summed E-state index contributed by atoms with van der Waals surface area (Å²) in [6, 6.07) is 20.9. The highest BCUT2D eigenvalue weighted by atomic mass is 19.1. The first-order valence-corrected chi connectivity index (χ1v) is 11.7. The number of carbonyl (C=O) groups is 1. The monoisotopic (exact) mass is 473 g/mol. The molecule has 0 aliphatic heterocycles. The topological polar surface area (TPSA) is 77.2 Å². The van der Waals surface area contributed by atoms with E-state index in [9.17, 15) is 19.3 Å². The van der Waals surface area contributed by atoms with Crippen LogP contribution in [0.3, 0.4) is 0 Å². The van der Waals surface area contributed by atoms with Crippen LogP contribution in [0.15, 0.2) is 79.0 Å². The zero-order valence-corrected chi connectivity index (χ0v) is 19.8. The Kier molecular flexibility index (Phi) is 7.25. The van der Waals surface area contributed by atoms with Gasteiger partial charge in [-0.1, -0.05) is 49.4 Å². The van der Waals surface area contributed by atoms with Gasteiger partial charge in [0.2, 0.25) is 5.91 Å². The van der Waals surface area contributed by atoms with Crippen molar-refractivity contribution in [2.45, 2.75) is 45.2 Å². The molecule has 0 fully saturated rings. The fraction of sp³-hybridized carbons (Fsp3) is 0.250. The summed E-state index contributed by atoms with van der Waals surface area (Å²) < 4.78 is 16.3. The molecule has 0 bridgehead atoms. The molecule has 0 aliphatic rings. The lowest BCUT2D eigenvalue weighted by Gasteiger charge is -2.19. The largest absolute Gasteiger partial charge is 0.354 e. The summed E-state index contributed by atoms with van der Waals surface area (Å²) in [4.78, 5) is 24.1. The first kappa shape index (κ1) is 24.1. The van der Waals surface area contributed by atoms with Gasteiger partial charge < -0.3 is 9.88 Å². The van der Waals surface area contributed by atoms with Crippen LogP contribution in [-0.2, 0) is 11.3 Å². The first-order valence-electron chi connectivity index (χ1n) is 11.7. The number of rotatable bonds is 9. The second-order valence-corrected chi connectivity index (χ2v) is 8.85. The molecule has 0 radical (unpaired) electrons. The molecule has 1 amide bonds. The summed E-state index contributed by atoms with van der Waals surface area (Å²) in [6.07, 6.45) is 2.83. The Morgan fingerprint density at radius 3 is 2.54 bits per heavy atom. The Labute approximate surface area is 203 Å². The van der Waals surface area contributed by atoms with E-state index >= 15 is 0 Å². The maximum absolute atomic E-state index is 14.2. The molecular formula is C28H28FN3O3. The van der Waals surface area contributed by atoms with Crippen LogP contribution in [0, 0.1) is 15.9 Å². The number of aromatic nitrogens is 1. The van der Waals surface area contributed by atoms with Crippen LogP contribution < -0.4 is 5.32 Å². The number of benzene rings is 3. The van der Waals surface area contributed by atoms with Crippen molar-refractivity contribution in [3.8, 4) is 0 Å².